The molecule has 4 unspecified atom stereocenters. The molecule has 0 spiro atoms. The zero-order valence-corrected chi connectivity index (χ0v) is 21.5. The molecule has 1 aromatic heterocycles. The molecule has 4 rings (SSSR count). The average molecular weight is 496 g/mol. The van der Waals surface area contributed by atoms with Crippen LogP contribution in [-0.2, 0) is 6.54 Å². The third-order valence-corrected chi connectivity index (χ3v) is 8.83. The van der Waals surface area contributed by atoms with Gasteiger partial charge in [0.25, 0.3) is 0 Å². The van der Waals surface area contributed by atoms with E-state index in [-0.39, 0.29) is 6.10 Å². The highest BCUT2D eigenvalue weighted by atomic mass is 35.5. The Morgan fingerprint density at radius 3 is 2.53 bits per heavy atom. The first-order valence-corrected chi connectivity index (χ1v) is 13.7. The molecule has 3 heterocycles. The summed E-state index contributed by atoms with van der Waals surface area (Å²) in [6.07, 6.45) is 3.25. The van der Waals surface area contributed by atoms with E-state index in [1.54, 1.807) is 11.3 Å². The first-order valence-electron chi connectivity index (χ1n) is 12.0. The van der Waals surface area contributed by atoms with Crippen LogP contribution in [0.2, 0.25) is 10.0 Å². The molecule has 2 aliphatic rings. The van der Waals surface area contributed by atoms with Crippen molar-refractivity contribution >= 4 is 34.5 Å². The van der Waals surface area contributed by atoms with Gasteiger partial charge in [-0.3, -0.25) is 4.90 Å². The summed E-state index contributed by atoms with van der Waals surface area (Å²) in [5, 5.41) is 15.7. The Labute approximate surface area is 207 Å². The van der Waals surface area contributed by atoms with Gasteiger partial charge in [-0.1, -0.05) is 36.2 Å². The van der Waals surface area contributed by atoms with Gasteiger partial charge >= 0.3 is 0 Å². The molecule has 4 atom stereocenters. The second-order valence-electron chi connectivity index (χ2n) is 10.1. The summed E-state index contributed by atoms with van der Waals surface area (Å²) in [5.41, 5.74) is 2.65. The average Bonchev–Trinajstić information content (AvgIpc) is 3.40. The monoisotopic (exact) mass is 494 g/mol. The lowest BCUT2D eigenvalue weighted by Crippen LogP contribution is -2.40. The Kier molecular flexibility index (Phi) is 8.58. The van der Waals surface area contributed by atoms with Crippen molar-refractivity contribution in [2.24, 2.45) is 17.8 Å². The third kappa shape index (κ3) is 6.28. The summed E-state index contributed by atoms with van der Waals surface area (Å²) < 4.78 is 0. The van der Waals surface area contributed by atoms with E-state index in [1.807, 2.05) is 19.1 Å². The molecule has 2 saturated heterocycles. The maximum absolute atomic E-state index is 9.75. The highest BCUT2D eigenvalue weighted by molar-refractivity contribution is 7.08. The molecule has 0 aliphatic carbocycles. The first-order chi connectivity index (χ1) is 15.4. The molecule has 1 N–H and O–H groups in total. The number of aliphatic hydroxyl groups is 1. The number of likely N-dealkylation sites (tertiary alicyclic amines) is 2. The minimum absolute atomic E-state index is 0.187. The van der Waals surface area contributed by atoms with Crippen molar-refractivity contribution in [2.75, 3.05) is 32.7 Å². The number of hydrogen-bond acceptors (Lipinski definition) is 4. The number of thiophene rings is 1. The maximum Gasteiger partial charge on any atom is 0.0514 e. The molecule has 1 aromatic carbocycles. The number of nitrogens with zero attached hydrogens (tertiary/aromatic N) is 2. The van der Waals surface area contributed by atoms with Crippen molar-refractivity contribution in [3.05, 3.63) is 56.2 Å². The van der Waals surface area contributed by atoms with E-state index in [0.717, 1.165) is 42.6 Å². The standard InChI is InChI=1S/C26H36Cl2N2OS/c1-18(11-19(2)31)20-5-8-29(9-6-20)14-23-15-30(16-25(23)22-7-10-32-17-22)13-21-3-4-24(27)12-26(21)28/h3-4,7,10,12,17-20,23,25,31H,5-6,8-9,11,13-16H2,1-2H3. The number of rotatable bonds is 8. The molecule has 3 nitrogen and oxygen atoms in total. The summed E-state index contributed by atoms with van der Waals surface area (Å²) in [6, 6.07) is 8.17. The van der Waals surface area contributed by atoms with Gasteiger partial charge in [0.2, 0.25) is 0 Å². The molecule has 0 bridgehead atoms. The van der Waals surface area contributed by atoms with Crippen LogP contribution in [0.3, 0.4) is 0 Å². The summed E-state index contributed by atoms with van der Waals surface area (Å²) in [6.45, 7) is 10.8. The van der Waals surface area contributed by atoms with Crippen LogP contribution in [-0.4, -0.2) is 53.7 Å². The number of aliphatic hydroxyl groups excluding tert-OH is 1. The van der Waals surface area contributed by atoms with Crippen molar-refractivity contribution in [1.82, 2.24) is 9.80 Å². The summed E-state index contributed by atoms with van der Waals surface area (Å²) in [5.74, 6) is 2.59. The van der Waals surface area contributed by atoms with Gasteiger partial charge in [0.15, 0.2) is 0 Å². The maximum atomic E-state index is 9.75. The fourth-order valence-electron chi connectivity index (χ4n) is 5.80. The molecular weight excluding hydrogens is 459 g/mol. The van der Waals surface area contributed by atoms with Crippen LogP contribution in [0.15, 0.2) is 35.0 Å². The van der Waals surface area contributed by atoms with Crippen LogP contribution in [0.1, 0.15) is 50.2 Å². The van der Waals surface area contributed by atoms with E-state index in [0.29, 0.717) is 22.8 Å². The van der Waals surface area contributed by atoms with Gasteiger partial charge in [-0.05, 0) is 97.1 Å². The Balaban J connectivity index is 1.37. The van der Waals surface area contributed by atoms with Gasteiger partial charge in [0.1, 0.15) is 0 Å². The predicted molar refractivity (Wildman–Crippen MR) is 137 cm³/mol. The normalized spacial score (nSPS) is 25.3. The van der Waals surface area contributed by atoms with Crippen LogP contribution in [0.5, 0.6) is 0 Å². The highest BCUT2D eigenvalue weighted by Crippen LogP contribution is 2.37. The zero-order chi connectivity index (χ0) is 22.7. The van der Waals surface area contributed by atoms with Crippen LogP contribution in [0.4, 0.5) is 0 Å². The van der Waals surface area contributed by atoms with E-state index in [9.17, 15) is 5.11 Å². The van der Waals surface area contributed by atoms with Crippen LogP contribution < -0.4 is 0 Å². The number of halogens is 2. The molecular formula is C26H36Cl2N2OS. The fraction of sp³-hybridized carbons (Fsp3) is 0.615. The topological polar surface area (TPSA) is 26.7 Å². The van der Waals surface area contributed by atoms with E-state index in [1.165, 1.54) is 38.0 Å². The van der Waals surface area contributed by atoms with Gasteiger partial charge in [-0.15, -0.1) is 0 Å². The highest BCUT2D eigenvalue weighted by Gasteiger charge is 2.36. The molecule has 0 saturated carbocycles. The molecule has 176 valence electrons. The summed E-state index contributed by atoms with van der Waals surface area (Å²) >= 11 is 14.4. The lowest BCUT2D eigenvalue weighted by atomic mass is 9.82. The van der Waals surface area contributed by atoms with Gasteiger partial charge in [-0.25, -0.2) is 0 Å². The second kappa shape index (κ2) is 11.2. The minimum atomic E-state index is -0.187. The van der Waals surface area contributed by atoms with Crippen molar-refractivity contribution < 1.29 is 5.11 Å². The summed E-state index contributed by atoms with van der Waals surface area (Å²) in [4.78, 5) is 5.26. The molecule has 2 aromatic rings. The number of piperidine rings is 1. The quantitative estimate of drug-likeness (QED) is 0.460. The van der Waals surface area contributed by atoms with Crippen molar-refractivity contribution in [2.45, 2.75) is 51.7 Å². The SMILES string of the molecule is CC(O)CC(C)C1CCN(CC2CN(Cc3ccc(Cl)cc3Cl)CC2c2ccsc2)CC1. The summed E-state index contributed by atoms with van der Waals surface area (Å²) in [7, 11) is 0. The predicted octanol–water partition coefficient (Wildman–Crippen LogP) is 6.39. The lowest BCUT2D eigenvalue weighted by molar-refractivity contribution is 0.100. The Bertz CT molecular complexity index is 852. The van der Waals surface area contributed by atoms with Gasteiger partial charge < -0.3 is 10.0 Å². The van der Waals surface area contributed by atoms with Crippen LogP contribution in [0, 0.1) is 17.8 Å². The minimum Gasteiger partial charge on any atom is -0.393 e. The smallest absolute Gasteiger partial charge is 0.0514 e. The van der Waals surface area contributed by atoms with Crippen LogP contribution >= 0.6 is 34.5 Å². The number of hydrogen-bond donors (Lipinski definition) is 1. The van der Waals surface area contributed by atoms with Gasteiger partial charge in [-0.2, -0.15) is 11.3 Å². The Morgan fingerprint density at radius 1 is 1.09 bits per heavy atom. The molecule has 6 heteroatoms. The van der Waals surface area contributed by atoms with Crippen molar-refractivity contribution in [3.63, 3.8) is 0 Å². The first kappa shape index (κ1) is 24.5. The molecule has 2 aliphatic heterocycles. The zero-order valence-electron chi connectivity index (χ0n) is 19.2. The van der Waals surface area contributed by atoms with Crippen molar-refractivity contribution in [3.8, 4) is 0 Å². The van der Waals surface area contributed by atoms with E-state index in [2.05, 4.69) is 39.6 Å². The van der Waals surface area contributed by atoms with Crippen LogP contribution in [0.25, 0.3) is 0 Å². The second-order valence-corrected chi connectivity index (χ2v) is 11.7. The molecule has 2 fully saturated rings. The van der Waals surface area contributed by atoms with E-state index < -0.39 is 0 Å². The molecule has 0 amide bonds. The molecule has 32 heavy (non-hydrogen) atoms. The fourth-order valence-corrected chi connectivity index (χ4v) is 6.99. The molecule has 0 radical (unpaired) electrons. The lowest BCUT2D eigenvalue weighted by Gasteiger charge is -2.37. The van der Waals surface area contributed by atoms with Crippen molar-refractivity contribution in [1.29, 1.82) is 0 Å². The Morgan fingerprint density at radius 2 is 1.88 bits per heavy atom. The third-order valence-electron chi connectivity index (χ3n) is 7.54. The Hall–Kier alpha value is -0.620. The van der Waals surface area contributed by atoms with Gasteiger partial charge in [0, 0.05) is 42.1 Å². The number of benzene rings is 1. The van der Waals surface area contributed by atoms with Gasteiger partial charge in [0.05, 0.1) is 6.10 Å². The van der Waals surface area contributed by atoms with E-state index in [4.69, 9.17) is 23.2 Å². The largest absolute Gasteiger partial charge is 0.393 e. The van der Waals surface area contributed by atoms with E-state index >= 15 is 0 Å².